The molecule has 0 unspecified atom stereocenters. The van der Waals surface area contributed by atoms with Crippen molar-refractivity contribution >= 4 is 16.9 Å². The van der Waals surface area contributed by atoms with Gasteiger partial charge in [-0.15, -0.1) is 0 Å². The van der Waals surface area contributed by atoms with Gasteiger partial charge in [-0.05, 0) is 30.7 Å². The number of carbonyl (C=O) groups is 1. The highest BCUT2D eigenvalue weighted by molar-refractivity contribution is 5.97. The van der Waals surface area contributed by atoms with E-state index < -0.39 is 6.10 Å². The fraction of sp³-hybridized carbons (Fsp3) is 0.235. The van der Waals surface area contributed by atoms with Crippen LogP contribution in [0.15, 0.2) is 51.5 Å². The van der Waals surface area contributed by atoms with Crippen LogP contribution in [0.1, 0.15) is 28.8 Å². The lowest BCUT2D eigenvalue weighted by molar-refractivity contribution is 0.0911. The summed E-state index contributed by atoms with van der Waals surface area (Å²) in [6, 6.07) is 10.5. The van der Waals surface area contributed by atoms with E-state index in [9.17, 15) is 9.90 Å². The van der Waals surface area contributed by atoms with Gasteiger partial charge >= 0.3 is 0 Å². The number of aliphatic hydroxyl groups excluding tert-OH is 1. The lowest BCUT2D eigenvalue weighted by atomic mass is 10.2. The number of hydrogen-bond acceptors (Lipinski definition) is 5. The van der Waals surface area contributed by atoms with Crippen LogP contribution in [0, 0.1) is 0 Å². The second-order valence-electron chi connectivity index (χ2n) is 5.07. The molecule has 3 rings (SSSR count). The third kappa shape index (κ3) is 3.22. The zero-order valence-corrected chi connectivity index (χ0v) is 12.6. The zero-order chi connectivity index (χ0) is 16.2. The van der Waals surface area contributed by atoms with Gasteiger partial charge in [0.2, 0.25) is 0 Å². The topological polar surface area (TPSA) is 84.8 Å². The standard InChI is InChI=1S/C17H17NO5/c1-21-14-5-2-4-11-10-15(23-16(11)14)17(20)18-8-7-12(19)13-6-3-9-22-13/h2-6,9-10,12,19H,7-8H2,1H3,(H,18,20)/t12-/m1/s1. The summed E-state index contributed by atoms with van der Waals surface area (Å²) in [4.78, 5) is 12.1. The van der Waals surface area contributed by atoms with Crippen LogP contribution in [0.3, 0.4) is 0 Å². The molecular formula is C17H17NO5. The number of rotatable bonds is 6. The number of carbonyl (C=O) groups excluding carboxylic acids is 1. The second kappa shape index (κ2) is 6.58. The highest BCUT2D eigenvalue weighted by atomic mass is 16.5. The number of nitrogens with one attached hydrogen (secondary N) is 1. The van der Waals surface area contributed by atoms with Crippen molar-refractivity contribution < 1.29 is 23.5 Å². The highest BCUT2D eigenvalue weighted by Gasteiger charge is 2.16. The van der Waals surface area contributed by atoms with Crippen molar-refractivity contribution in [3.8, 4) is 5.75 Å². The molecule has 2 aromatic heterocycles. The van der Waals surface area contributed by atoms with Crippen molar-refractivity contribution in [2.75, 3.05) is 13.7 Å². The Hall–Kier alpha value is -2.73. The molecule has 0 saturated carbocycles. The van der Waals surface area contributed by atoms with Crippen molar-refractivity contribution in [2.45, 2.75) is 12.5 Å². The minimum Gasteiger partial charge on any atom is -0.493 e. The smallest absolute Gasteiger partial charge is 0.287 e. The SMILES string of the molecule is COc1cccc2cc(C(=O)NCC[C@@H](O)c3ccco3)oc12. The van der Waals surface area contributed by atoms with Crippen LogP contribution < -0.4 is 10.1 Å². The van der Waals surface area contributed by atoms with Crippen molar-refractivity contribution in [3.05, 3.63) is 54.2 Å². The summed E-state index contributed by atoms with van der Waals surface area (Å²) in [5.41, 5.74) is 0.538. The van der Waals surface area contributed by atoms with E-state index in [1.54, 1.807) is 31.4 Å². The van der Waals surface area contributed by atoms with E-state index in [1.165, 1.54) is 6.26 Å². The summed E-state index contributed by atoms with van der Waals surface area (Å²) in [6.45, 7) is 0.300. The minimum absolute atomic E-state index is 0.206. The van der Waals surface area contributed by atoms with Crippen molar-refractivity contribution in [1.29, 1.82) is 0 Å². The average molecular weight is 315 g/mol. The molecule has 23 heavy (non-hydrogen) atoms. The summed E-state index contributed by atoms with van der Waals surface area (Å²) in [5.74, 6) is 0.925. The first-order valence-corrected chi connectivity index (χ1v) is 7.25. The van der Waals surface area contributed by atoms with E-state index in [0.29, 0.717) is 30.1 Å². The first kappa shape index (κ1) is 15.2. The monoisotopic (exact) mass is 315 g/mol. The summed E-state index contributed by atoms with van der Waals surface area (Å²) in [6.07, 6.45) is 1.10. The van der Waals surface area contributed by atoms with E-state index in [1.807, 2.05) is 12.1 Å². The van der Waals surface area contributed by atoms with Crippen molar-refractivity contribution in [2.24, 2.45) is 0 Å². The first-order valence-electron chi connectivity index (χ1n) is 7.25. The molecule has 1 atom stereocenters. The molecule has 2 heterocycles. The Morgan fingerprint density at radius 1 is 1.35 bits per heavy atom. The van der Waals surface area contributed by atoms with Crippen LogP contribution >= 0.6 is 0 Å². The van der Waals surface area contributed by atoms with Gasteiger partial charge in [0.25, 0.3) is 5.91 Å². The molecule has 0 aliphatic heterocycles. The molecule has 0 radical (unpaired) electrons. The van der Waals surface area contributed by atoms with Gasteiger partial charge in [0.05, 0.1) is 13.4 Å². The predicted octanol–water partition coefficient (Wildman–Crippen LogP) is 2.89. The molecule has 3 aromatic rings. The third-order valence-electron chi connectivity index (χ3n) is 3.53. The average Bonchev–Trinajstić information content (AvgIpc) is 3.23. The number of hydrogen-bond donors (Lipinski definition) is 2. The molecule has 0 saturated heterocycles. The van der Waals surface area contributed by atoms with E-state index >= 15 is 0 Å². The molecule has 0 fully saturated rings. The normalized spacial score (nSPS) is 12.3. The van der Waals surface area contributed by atoms with Crippen LogP contribution in [-0.2, 0) is 0 Å². The van der Waals surface area contributed by atoms with Gasteiger partial charge in [-0.1, -0.05) is 12.1 Å². The zero-order valence-electron chi connectivity index (χ0n) is 12.6. The van der Waals surface area contributed by atoms with Crippen molar-refractivity contribution in [3.63, 3.8) is 0 Å². The van der Waals surface area contributed by atoms with Crippen LogP contribution in [-0.4, -0.2) is 24.7 Å². The maximum Gasteiger partial charge on any atom is 0.287 e. The number of furan rings is 2. The number of methoxy groups -OCH3 is 1. The van der Waals surface area contributed by atoms with E-state index in [-0.39, 0.29) is 11.7 Å². The number of fused-ring (bicyclic) bond motifs is 1. The van der Waals surface area contributed by atoms with E-state index in [2.05, 4.69) is 5.32 Å². The van der Waals surface area contributed by atoms with Crippen LogP contribution in [0.25, 0.3) is 11.0 Å². The summed E-state index contributed by atoms with van der Waals surface area (Å²) < 4.78 is 15.9. The maximum absolute atomic E-state index is 12.1. The fourth-order valence-corrected chi connectivity index (χ4v) is 2.34. The third-order valence-corrected chi connectivity index (χ3v) is 3.53. The van der Waals surface area contributed by atoms with Gasteiger partial charge in [-0.2, -0.15) is 0 Å². The van der Waals surface area contributed by atoms with Crippen molar-refractivity contribution in [1.82, 2.24) is 5.32 Å². The molecule has 0 bridgehead atoms. The largest absolute Gasteiger partial charge is 0.493 e. The van der Waals surface area contributed by atoms with Gasteiger partial charge in [0, 0.05) is 11.9 Å². The number of benzene rings is 1. The van der Waals surface area contributed by atoms with Crippen LogP contribution in [0.4, 0.5) is 0 Å². The maximum atomic E-state index is 12.1. The van der Waals surface area contributed by atoms with Gasteiger partial charge in [-0.3, -0.25) is 4.79 Å². The Morgan fingerprint density at radius 3 is 2.96 bits per heavy atom. The molecule has 1 aromatic carbocycles. The molecule has 0 aliphatic carbocycles. The van der Waals surface area contributed by atoms with Gasteiger partial charge in [-0.25, -0.2) is 0 Å². The van der Waals surface area contributed by atoms with Gasteiger partial charge in [0.15, 0.2) is 17.1 Å². The quantitative estimate of drug-likeness (QED) is 0.730. The van der Waals surface area contributed by atoms with Gasteiger partial charge < -0.3 is 24.0 Å². The Morgan fingerprint density at radius 2 is 2.22 bits per heavy atom. The first-order chi connectivity index (χ1) is 11.2. The molecule has 0 aliphatic rings. The molecule has 6 heteroatoms. The number of ether oxygens (including phenoxy) is 1. The number of aliphatic hydroxyl groups is 1. The summed E-state index contributed by atoms with van der Waals surface area (Å²) in [7, 11) is 1.55. The van der Waals surface area contributed by atoms with E-state index in [0.717, 1.165) is 5.39 Å². The summed E-state index contributed by atoms with van der Waals surface area (Å²) >= 11 is 0. The fourth-order valence-electron chi connectivity index (χ4n) is 2.34. The van der Waals surface area contributed by atoms with E-state index in [4.69, 9.17) is 13.6 Å². The second-order valence-corrected chi connectivity index (χ2v) is 5.07. The Kier molecular flexibility index (Phi) is 4.34. The highest BCUT2D eigenvalue weighted by Crippen LogP contribution is 2.28. The molecule has 2 N–H and O–H groups in total. The van der Waals surface area contributed by atoms with Crippen LogP contribution in [0.2, 0.25) is 0 Å². The van der Waals surface area contributed by atoms with Crippen LogP contribution in [0.5, 0.6) is 5.75 Å². The summed E-state index contributed by atoms with van der Waals surface area (Å²) in [5, 5.41) is 13.4. The Balaban J connectivity index is 1.62. The molecule has 0 spiro atoms. The number of para-hydroxylation sites is 1. The Bertz CT molecular complexity index is 791. The molecule has 6 nitrogen and oxygen atoms in total. The van der Waals surface area contributed by atoms with Gasteiger partial charge in [0.1, 0.15) is 11.9 Å². The minimum atomic E-state index is -0.749. The predicted molar refractivity (Wildman–Crippen MR) is 83.4 cm³/mol. The lowest BCUT2D eigenvalue weighted by Gasteiger charge is -2.08. The number of amides is 1. The molecular weight excluding hydrogens is 298 g/mol. The lowest BCUT2D eigenvalue weighted by Crippen LogP contribution is -2.25. The molecule has 1 amide bonds. The molecule has 120 valence electrons. The Labute approximate surface area is 132 Å².